The molecule has 0 aliphatic carbocycles. The molecule has 0 saturated carbocycles. The van der Waals surface area contributed by atoms with Crippen molar-refractivity contribution in [3.05, 3.63) is 59.2 Å². The van der Waals surface area contributed by atoms with Gasteiger partial charge in [0, 0.05) is 10.6 Å². The number of carbonyl (C=O) groups is 2. The summed E-state index contributed by atoms with van der Waals surface area (Å²) in [4.78, 5) is 24.7. The van der Waals surface area contributed by atoms with Gasteiger partial charge in [0.1, 0.15) is 5.25 Å². The molecule has 2 aromatic rings. The number of amides is 1. The quantitative estimate of drug-likeness (QED) is 0.575. The van der Waals surface area contributed by atoms with Crippen LogP contribution in [0.15, 0.2) is 47.4 Å². The predicted molar refractivity (Wildman–Crippen MR) is 97.9 cm³/mol. The standard InChI is InChI=1S/C19H18F3NO3S/c1-11-8-9-13(10-15(11)19(20,21)22)23-17(24)14-6-4-5-7-16(14)27-12(2)18(25)26-3/h4-10,12H,1-3H3,(H,23,24)/t12-/m0/s1. The number of hydrogen-bond acceptors (Lipinski definition) is 4. The molecule has 0 aliphatic rings. The van der Waals surface area contributed by atoms with Gasteiger partial charge in [0.2, 0.25) is 0 Å². The summed E-state index contributed by atoms with van der Waals surface area (Å²) in [6.07, 6.45) is -4.51. The fourth-order valence-electron chi connectivity index (χ4n) is 2.37. The summed E-state index contributed by atoms with van der Waals surface area (Å²) in [5, 5.41) is 1.94. The zero-order valence-electron chi connectivity index (χ0n) is 14.9. The Hall–Kier alpha value is -2.48. The fraction of sp³-hybridized carbons (Fsp3) is 0.263. The summed E-state index contributed by atoms with van der Waals surface area (Å²) >= 11 is 1.14. The number of rotatable bonds is 5. The lowest BCUT2D eigenvalue weighted by molar-refractivity contribution is -0.139. The van der Waals surface area contributed by atoms with Gasteiger partial charge < -0.3 is 10.1 Å². The number of thioether (sulfide) groups is 1. The highest BCUT2D eigenvalue weighted by molar-refractivity contribution is 8.00. The van der Waals surface area contributed by atoms with Crippen molar-refractivity contribution >= 4 is 29.3 Å². The van der Waals surface area contributed by atoms with E-state index in [-0.39, 0.29) is 16.8 Å². The average molecular weight is 397 g/mol. The number of alkyl halides is 3. The summed E-state index contributed by atoms with van der Waals surface area (Å²) in [7, 11) is 1.27. The maximum absolute atomic E-state index is 13.0. The summed E-state index contributed by atoms with van der Waals surface area (Å²) < 4.78 is 43.8. The van der Waals surface area contributed by atoms with Crippen molar-refractivity contribution in [1.29, 1.82) is 0 Å². The summed E-state index contributed by atoms with van der Waals surface area (Å²) in [6.45, 7) is 3.00. The Kier molecular flexibility index (Phi) is 6.54. The van der Waals surface area contributed by atoms with E-state index in [0.717, 1.165) is 17.8 Å². The van der Waals surface area contributed by atoms with E-state index in [1.807, 2.05) is 0 Å². The minimum atomic E-state index is -4.51. The van der Waals surface area contributed by atoms with Gasteiger partial charge in [0.05, 0.1) is 18.2 Å². The molecule has 0 saturated heterocycles. The van der Waals surface area contributed by atoms with Gasteiger partial charge in [-0.2, -0.15) is 13.2 Å². The van der Waals surface area contributed by atoms with Crippen LogP contribution in [0, 0.1) is 6.92 Å². The van der Waals surface area contributed by atoms with Gasteiger partial charge >= 0.3 is 12.1 Å². The van der Waals surface area contributed by atoms with Crippen molar-refractivity contribution in [3.8, 4) is 0 Å². The third-order valence-electron chi connectivity index (χ3n) is 3.77. The lowest BCUT2D eigenvalue weighted by Gasteiger charge is -2.15. The molecule has 0 radical (unpaired) electrons. The molecule has 0 spiro atoms. The number of halogens is 3. The first kappa shape index (κ1) is 20.8. The van der Waals surface area contributed by atoms with Crippen LogP contribution in [0.5, 0.6) is 0 Å². The molecule has 0 bridgehead atoms. The van der Waals surface area contributed by atoms with Crippen LogP contribution in [0.25, 0.3) is 0 Å². The topological polar surface area (TPSA) is 55.4 Å². The number of ether oxygens (including phenoxy) is 1. The molecule has 1 N–H and O–H groups in total. The van der Waals surface area contributed by atoms with Crippen LogP contribution < -0.4 is 5.32 Å². The van der Waals surface area contributed by atoms with Gasteiger partial charge in [-0.05, 0) is 43.7 Å². The molecule has 1 amide bonds. The van der Waals surface area contributed by atoms with E-state index in [4.69, 9.17) is 0 Å². The van der Waals surface area contributed by atoms with Gasteiger partial charge in [0.25, 0.3) is 5.91 Å². The smallest absolute Gasteiger partial charge is 0.416 e. The third-order valence-corrected chi connectivity index (χ3v) is 4.93. The molecule has 2 rings (SSSR count). The number of hydrogen-bond donors (Lipinski definition) is 1. The Bertz CT molecular complexity index is 852. The number of anilines is 1. The van der Waals surface area contributed by atoms with Gasteiger partial charge in [0.15, 0.2) is 0 Å². The Morgan fingerprint density at radius 2 is 1.81 bits per heavy atom. The molecule has 1 atom stereocenters. The minimum absolute atomic E-state index is 0.0405. The second kappa shape index (κ2) is 8.47. The van der Waals surface area contributed by atoms with E-state index in [0.29, 0.717) is 4.90 Å². The molecule has 0 aliphatic heterocycles. The molecular weight excluding hydrogens is 379 g/mol. The largest absolute Gasteiger partial charge is 0.468 e. The van der Waals surface area contributed by atoms with Crippen molar-refractivity contribution < 1.29 is 27.5 Å². The Balaban J connectivity index is 2.26. The molecule has 0 aromatic heterocycles. The number of esters is 1. The molecule has 144 valence electrons. The highest BCUT2D eigenvalue weighted by Crippen LogP contribution is 2.34. The van der Waals surface area contributed by atoms with Crippen LogP contribution in [0.1, 0.15) is 28.4 Å². The van der Waals surface area contributed by atoms with Crippen molar-refractivity contribution in [2.45, 2.75) is 30.2 Å². The summed E-state index contributed by atoms with van der Waals surface area (Å²) in [6, 6.07) is 10.2. The predicted octanol–water partition coefficient (Wildman–Crippen LogP) is 4.92. The number of benzene rings is 2. The summed E-state index contributed by atoms with van der Waals surface area (Å²) in [5.74, 6) is -1.00. The second-order valence-electron chi connectivity index (χ2n) is 5.76. The Morgan fingerprint density at radius 3 is 2.44 bits per heavy atom. The normalized spacial score (nSPS) is 12.4. The van der Waals surface area contributed by atoms with Gasteiger partial charge in [-0.1, -0.05) is 18.2 Å². The number of nitrogens with one attached hydrogen (secondary N) is 1. The molecule has 0 fully saturated rings. The van der Waals surface area contributed by atoms with Crippen molar-refractivity contribution in [3.63, 3.8) is 0 Å². The van der Waals surface area contributed by atoms with E-state index in [1.165, 1.54) is 26.2 Å². The zero-order valence-corrected chi connectivity index (χ0v) is 15.7. The van der Waals surface area contributed by atoms with E-state index in [2.05, 4.69) is 10.1 Å². The number of methoxy groups -OCH3 is 1. The van der Waals surface area contributed by atoms with E-state index < -0.39 is 28.9 Å². The summed E-state index contributed by atoms with van der Waals surface area (Å²) in [5.41, 5.74) is -0.434. The monoisotopic (exact) mass is 397 g/mol. The molecule has 0 unspecified atom stereocenters. The first-order valence-electron chi connectivity index (χ1n) is 7.96. The lowest BCUT2D eigenvalue weighted by atomic mass is 10.1. The molecule has 8 heteroatoms. The van der Waals surface area contributed by atoms with Gasteiger partial charge in [-0.3, -0.25) is 9.59 Å². The van der Waals surface area contributed by atoms with Gasteiger partial charge in [-0.15, -0.1) is 11.8 Å². The molecular formula is C19H18F3NO3S. The maximum Gasteiger partial charge on any atom is 0.416 e. The van der Waals surface area contributed by atoms with Crippen LogP contribution in [-0.2, 0) is 15.7 Å². The Labute approximate surface area is 159 Å². The van der Waals surface area contributed by atoms with Crippen molar-refractivity contribution in [2.75, 3.05) is 12.4 Å². The zero-order chi connectivity index (χ0) is 20.2. The minimum Gasteiger partial charge on any atom is -0.468 e. The van der Waals surface area contributed by atoms with Crippen LogP contribution in [0.2, 0.25) is 0 Å². The molecule has 4 nitrogen and oxygen atoms in total. The maximum atomic E-state index is 13.0. The third kappa shape index (κ3) is 5.26. The average Bonchev–Trinajstić information content (AvgIpc) is 2.62. The van der Waals surface area contributed by atoms with E-state index in [1.54, 1.807) is 31.2 Å². The highest BCUT2D eigenvalue weighted by Gasteiger charge is 2.32. The lowest BCUT2D eigenvalue weighted by Crippen LogP contribution is -2.17. The number of carbonyl (C=O) groups excluding carboxylic acids is 2. The first-order valence-corrected chi connectivity index (χ1v) is 8.84. The highest BCUT2D eigenvalue weighted by atomic mass is 32.2. The SMILES string of the molecule is COC(=O)[C@H](C)Sc1ccccc1C(=O)Nc1ccc(C)c(C(F)(F)F)c1. The first-order chi connectivity index (χ1) is 12.6. The number of aryl methyl sites for hydroxylation is 1. The van der Waals surface area contributed by atoms with Crippen molar-refractivity contribution in [2.24, 2.45) is 0 Å². The van der Waals surface area contributed by atoms with Crippen molar-refractivity contribution in [1.82, 2.24) is 0 Å². The molecule has 27 heavy (non-hydrogen) atoms. The van der Waals surface area contributed by atoms with E-state index >= 15 is 0 Å². The second-order valence-corrected chi connectivity index (χ2v) is 7.14. The Morgan fingerprint density at radius 1 is 1.15 bits per heavy atom. The van der Waals surface area contributed by atoms with Gasteiger partial charge in [-0.25, -0.2) is 0 Å². The van der Waals surface area contributed by atoms with Crippen LogP contribution in [0.4, 0.5) is 18.9 Å². The fourth-order valence-corrected chi connectivity index (χ4v) is 3.38. The molecule has 0 heterocycles. The van der Waals surface area contributed by atoms with Crippen LogP contribution in [0.3, 0.4) is 0 Å². The van der Waals surface area contributed by atoms with Crippen LogP contribution in [-0.4, -0.2) is 24.2 Å². The van der Waals surface area contributed by atoms with E-state index in [9.17, 15) is 22.8 Å². The molecule has 2 aromatic carbocycles. The van der Waals surface area contributed by atoms with Crippen LogP contribution >= 0.6 is 11.8 Å².